The van der Waals surface area contributed by atoms with E-state index in [2.05, 4.69) is 20.6 Å². The van der Waals surface area contributed by atoms with Gasteiger partial charge in [0.25, 0.3) is 5.91 Å². The summed E-state index contributed by atoms with van der Waals surface area (Å²) in [6.07, 6.45) is 1.48. The second kappa shape index (κ2) is 10.2. The van der Waals surface area contributed by atoms with Gasteiger partial charge in [-0.25, -0.2) is 9.97 Å². The van der Waals surface area contributed by atoms with Crippen LogP contribution in [0.2, 0.25) is 0 Å². The number of amides is 1. The van der Waals surface area contributed by atoms with Crippen LogP contribution in [-0.4, -0.2) is 30.1 Å². The molecule has 0 spiro atoms. The van der Waals surface area contributed by atoms with Crippen molar-refractivity contribution in [2.24, 2.45) is 0 Å². The van der Waals surface area contributed by atoms with Gasteiger partial charge in [-0.1, -0.05) is 12.1 Å². The van der Waals surface area contributed by atoms with Gasteiger partial charge in [0.1, 0.15) is 5.00 Å². The van der Waals surface area contributed by atoms with Gasteiger partial charge in [0.05, 0.1) is 26.5 Å². The van der Waals surface area contributed by atoms with Crippen LogP contribution in [0.4, 0.5) is 10.9 Å². The van der Waals surface area contributed by atoms with Crippen molar-refractivity contribution in [3.63, 3.8) is 0 Å². The van der Waals surface area contributed by atoms with Crippen LogP contribution in [0.1, 0.15) is 49.6 Å². The molecule has 1 atom stereocenters. The summed E-state index contributed by atoms with van der Waals surface area (Å²) < 4.78 is 16.6. The minimum absolute atomic E-state index is 0.237. The van der Waals surface area contributed by atoms with Crippen LogP contribution in [0.3, 0.4) is 0 Å². The molecule has 0 radical (unpaired) electrons. The van der Waals surface area contributed by atoms with Crippen LogP contribution in [0, 0.1) is 27.7 Å². The third-order valence-electron chi connectivity index (χ3n) is 5.69. The van der Waals surface area contributed by atoms with Gasteiger partial charge in [0, 0.05) is 27.4 Å². The number of benzene rings is 1. The second-order valence-electron chi connectivity index (χ2n) is 8.09. The zero-order valence-corrected chi connectivity index (χ0v) is 21.4. The molecule has 182 valence electrons. The monoisotopic (exact) mass is 492 g/mol. The number of rotatable bonds is 8. The smallest absolute Gasteiger partial charge is 0.291 e. The number of furan rings is 1. The number of carbonyl (C=O) groups excluding carboxylic acids is 1. The third kappa shape index (κ3) is 5.00. The summed E-state index contributed by atoms with van der Waals surface area (Å²) >= 11 is 1.50. The van der Waals surface area contributed by atoms with E-state index in [0.717, 1.165) is 33.0 Å². The first kappa shape index (κ1) is 24.3. The quantitative estimate of drug-likeness (QED) is 0.319. The van der Waals surface area contributed by atoms with E-state index in [4.69, 9.17) is 13.9 Å². The van der Waals surface area contributed by atoms with Crippen LogP contribution < -0.4 is 20.1 Å². The molecule has 0 saturated heterocycles. The SMILES string of the molecule is COc1cccc([C@@H](Nc2nc(C)cc(C)n2)c2c(NC(=O)c3ccco3)sc(C)c2C)c1OC. The summed E-state index contributed by atoms with van der Waals surface area (Å²) in [5.41, 5.74) is 4.45. The van der Waals surface area contributed by atoms with E-state index in [-0.39, 0.29) is 11.7 Å². The lowest BCUT2D eigenvalue weighted by Gasteiger charge is -2.24. The molecule has 3 aromatic heterocycles. The minimum atomic E-state index is -0.446. The number of hydrogen-bond donors (Lipinski definition) is 2. The molecule has 0 saturated carbocycles. The molecule has 1 amide bonds. The first-order valence-corrected chi connectivity index (χ1v) is 11.9. The minimum Gasteiger partial charge on any atom is -0.493 e. The summed E-state index contributed by atoms with van der Waals surface area (Å²) in [7, 11) is 3.21. The molecule has 0 aliphatic carbocycles. The zero-order chi connectivity index (χ0) is 25.1. The second-order valence-corrected chi connectivity index (χ2v) is 9.32. The number of ether oxygens (including phenoxy) is 2. The maximum Gasteiger partial charge on any atom is 0.291 e. The van der Waals surface area contributed by atoms with Gasteiger partial charge < -0.3 is 24.5 Å². The van der Waals surface area contributed by atoms with Gasteiger partial charge in [-0.15, -0.1) is 11.3 Å². The van der Waals surface area contributed by atoms with Crippen molar-refractivity contribution >= 4 is 28.2 Å². The van der Waals surface area contributed by atoms with E-state index in [0.29, 0.717) is 22.4 Å². The largest absolute Gasteiger partial charge is 0.493 e. The van der Waals surface area contributed by atoms with Crippen LogP contribution >= 0.6 is 11.3 Å². The number of hydrogen-bond acceptors (Lipinski definition) is 8. The standard InChI is InChI=1S/C26H28N4O4S/c1-14-13-15(2)28-26(27-14)29-22(18-9-7-10-19(32-5)23(18)33-6)21-16(3)17(4)35-25(21)30-24(31)20-11-8-12-34-20/h7-13,22H,1-6H3,(H,30,31)(H,27,28,29)/t22-/m1/s1. The Morgan fingerprint density at radius 2 is 1.77 bits per heavy atom. The molecule has 35 heavy (non-hydrogen) atoms. The summed E-state index contributed by atoms with van der Waals surface area (Å²) in [5.74, 6) is 1.58. The molecule has 0 aliphatic heterocycles. The maximum absolute atomic E-state index is 12.9. The number of methoxy groups -OCH3 is 2. The summed E-state index contributed by atoms with van der Waals surface area (Å²) in [6, 6.07) is 10.5. The molecule has 8 nitrogen and oxygen atoms in total. The van der Waals surface area contributed by atoms with Gasteiger partial charge in [-0.2, -0.15) is 0 Å². The number of thiophene rings is 1. The van der Waals surface area contributed by atoms with E-state index < -0.39 is 6.04 Å². The van der Waals surface area contributed by atoms with Crippen LogP contribution in [0.25, 0.3) is 0 Å². The number of aromatic nitrogens is 2. The lowest BCUT2D eigenvalue weighted by molar-refractivity contribution is 0.0997. The predicted octanol–water partition coefficient (Wildman–Crippen LogP) is 5.84. The van der Waals surface area contributed by atoms with Crippen LogP contribution in [0.15, 0.2) is 47.1 Å². The molecule has 0 bridgehead atoms. The normalized spacial score (nSPS) is 11.7. The third-order valence-corrected chi connectivity index (χ3v) is 6.83. The molecule has 3 heterocycles. The average Bonchev–Trinajstić information content (AvgIpc) is 3.45. The molecule has 4 aromatic rings. The number of nitrogens with one attached hydrogen (secondary N) is 2. The number of nitrogens with zero attached hydrogens (tertiary/aromatic N) is 2. The van der Waals surface area contributed by atoms with E-state index in [1.54, 1.807) is 26.4 Å². The van der Waals surface area contributed by atoms with Crippen molar-refractivity contribution in [2.75, 3.05) is 24.9 Å². The molecular formula is C26H28N4O4S. The van der Waals surface area contributed by atoms with Crippen LogP contribution in [-0.2, 0) is 0 Å². The molecule has 1 aromatic carbocycles. The van der Waals surface area contributed by atoms with Crippen LogP contribution in [0.5, 0.6) is 11.5 Å². The summed E-state index contributed by atoms with van der Waals surface area (Å²) in [4.78, 5) is 23.2. The van der Waals surface area contributed by atoms with E-state index in [9.17, 15) is 4.79 Å². The molecule has 4 rings (SSSR count). The zero-order valence-electron chi connectivity index (χ0n) is 20.6. The number of carbonyl (C=O) groups is 1. The highest BCUT2D eigenvalue weighted by atomic mass is 32.1. The van der Waals surface area contributed by atoms with Crippen molar-refractivity contribution in [3.05, 3.63) is 81.4 Å². The van der Waals surface area contributed by atoms with Crippen molar-refractivity contribution in [3.8, 4) is 11.5 Å². The highest BCUT2D eigenvalue weighted by Gasteiger charge is 2.29. The number of para-hydroxylation sites is 1. The number of anilines is 2. The fourth-order valence-electron chi connectivity index (χ4n) is 4.02. The van der Waals surface area contributed by atoms with Gasteiger partial charge in [0.15, 0.2) is 17.3 Å². The average molecular weight is 493 g/mol. The fraction of sp³-hybridized carbons (Fsp3) is 0.269. The molecule has 9 heteroatoms. The van der Waals surface area contributed by atoms with Gasteiger partial charge in [0.2, 0.25) is 5.95 Å². The Morgan fingerprint density at radius 3 is 2.40 bits per heavy atom. The lowest BCUT2D eigenvalue weighted by Crippen LogP contribution is -2.19. The van der Waals surface area contributed by atoms with Gasteiger partial charge in [-0.05, 0) is 57.5 Å². The Balaban J connectivity index is 1.88. The van der Waals surface area contributed by atoms with Gasteiger partial charge >= 0.3 is 0 Å². The Morgan fingerprint density at radius 1 is 1.03 bits per heavy atom. The maximum atomic E-state index is 12.9. The predicted molar refractivity (Wildman–Crippen MR) is 137 cm³/mol. The Labute approximate surface area is 208 Å². The Hall–Kier alpha value is -3.85. The first-order valence-electron chi connectivity index (χ1n) is 11.1. The Bertz CT molecular complexity index is 1330. The van der Waals surface area contributed by atoms with Crippen molar-refractivity contribution in [2.45, 2.75) is 33.7 Å². The van der Waals surface area contributed by atoms with E-state index in [1.165, 1.54) is 17.6 Å². The molecule has 2 N–H and O–H groups in total. The van der Waals surface area contributed by atoms with E-state index >= 15 is 0 Å². The molecule has 0 unspecified atom stereocenters. The van der Waals surface area contributed by atoms with Gasteiger partial charge in [-0.3, -0.25) is 4.79 Å². The first-order chi connectivity index (χ1) is 16.8. The highest BCUT2D eigenvalue weighted by Crippen LogP contribution is 2.45. The highest BCUT2D eigenvalue weighted by molar-refractivity contribution is 7.16. The molecule has 0 fully saturated rings. The topological polar surface area (TPSA) is 98.5 Å². The van der Waals surface area contributed by atoms with Crippen molar-refractivity contribution < 1.29 is 18.7 Å². The molecular weight excluding hydrogens is 464 g/mol. The van der Waals surface area contributed by atoms with Crippen molar-refractivity contribution in [1.29, 1.82) is 0 Å². The lowest BCUT2D eigenvalue weighted by atomic mass is 9.95. The summed E-state index contributed by atoms with van der Waals surface area (Å²) in [6.45, 7) is 7.92. The Kier molecular flexibility index (Phi) is 7.07. The molecule has 0 aliphatic rings. The van der Waals surface area contributed by atoms with E-state index in [1.807, 2.05) is 52.0 Å². The van der Waals surface area contributed by atoms with Crippen molar-refractivity contribution in [1.82, 2.24) is 9.97 Å². The number of aryl methyl sites for hydroxylation is 3. The summed E-state index contributed by atoms with van der Waals surface area (Å²) in [5, 5.41) is 7.23. The fourth-order valence-corrected chi connectivity index (χ4v) is 5.12.